The first-order valence-corrected chi connectivity index (χ1v) is 7.65. The van der Waals surface area contributed by atoms with E-state index in [1.807, 2.05) is 0 Å². The molecule has 0 atom stereocenters. The first-order valence-electron chi connectivity index (χ1n) is 7.65. The van der Waals surface area contributed by atoms with Crippen LogP contribution in [-0.2, 0) is 9.59 Å². The van der Waals surface area contributed by atoms with E-state index < -0.39 is 0 Å². The molecule has 0 unspecified atom stereocenters. The molecule has 110 valence electrons. The van der Waals surface area contributed by atoms with Crippen LogP contribution in [0, 0.1) is 5.41 Å². The number of carbonyl (C=O) groups is 2. The van der Waals surface area contributed by atoms with Crippen LogP contribution in [0.25, 0.3) is 0 Å². The van der Waals surface area contributed by atoms with Gasteiger partial charge in [0.05, 0.1) is 0 Å². The van der Waals surface area contributed by atoms with E-state index in [1.165, 1.54) is 12.8 Å². The summed E-state index contributed by atoms with van der Waals surface area (Å²) in [6, 6.07) is 0. The molecule has 1 fully saturated rings. The van der Waals surface area contributed by atoms with Crippen LogP contribution in [0.1, 0.15) is 77.0 Å². The van der Waals surface area contributed by atoms with Gasteiger partial charge in [0.15, 0.2) is 0 Å². The van der Waals surface area contributed by atoms with E-state index in [4.69, 9.17) is 11.5 Å². The Balaban J connectivity index is 2.29. The van der Waals surface area contributed by atoms with Crippen LogP contribution in [0.15, 0.2) is 0 Å². The van der Waals surface area contributed by atoms with Gasteiger partial charge < -0.3 is 11.5 Å². The smallest absolute Gasteiger partial charge is 0.223 e. The van der Waals surface area contributed by atoms with Crippen LogP contribution < -0.4 is 11.5 Å². The number of nitrogens with two attached hydrogens (primary N) is 2. The Morgan fingerprint density at radius 2 is 1.42 bits per heavy atom. The van der Waals surface area contributed by atoms with E-state index in [-0.39, 0.29) is 17.2 Å². The molecular weight excluding hydrogens is 240 g/mol. The third-order valence-electron chi connectivity index (χ3n) is 4.41. The van der Waals surface area contributed by atoms with Gasteiger partial charge in [-0.05, 0) is 25.7 Å². The molecule has 0 aromatic heterocycles. The zero-order valence-corrected chi connectivity index (χ0v) is 12.0. The summed E-state index contributed by atoms with van der Waals surface area (Å²) in [6.45, 7) is 0. The summed E-state index contributed by atoms with van der Waals surface area (Å²) in [6.07, 6.45) is 12.0. The monoisotopic (exact) mass is 268 g/mol. The van der Waals surface area contributed by atoms with Crippen molar-refractivity contribution in [1.82, 2.24) is 0 Å². The number of rotatable bonds is 8. The molecule has 0 bridgehead atoms. The largest absolute Gasteiger partial charge is 0.370 e. The molecule has 0 spiro atoms. The molecule has 0 radical (unpaired) electrons. The molecule has 1 aliphatic rings. The Morgan fingerprint density at radius 1 is 0.842 bits per heavy atom. The fraction of sp³-hybridized carbons (Fsp3) is 0.867. The summed E-state index contributed by atoms with van der Waals surface area (Å²) in [5.41, 5.74) is 10.5. The first kappa shape index (κ1) is 16.0. The summed E-state index contributed by atoms with van der Waals surface area (Å²) < 4.78 is 0. The number of amides is 2. The lowest BCUT2D eigenvalue weighted by molar-refractivity contribution is -0.129. The van der Waals surface area contributed by atoms with Crippen molar-refractivity contribution >= 4 is 11.8 Å². The molecule has 0 heterocycles. The van der Waals surface area contributed by atoms with Crippen molar-refractivity contribution in [1.29, 1.82) is 0 Å². The van der Waals surface area contributed by atoms with E-state index >= 15 is 0 Å². The van der Waals surface area contributed by atoms with Gasteiger partial charge in [-0.1, -0.05) is 44.9 Å². The summed E-state index contributed by atoms with van der Waals surface area (Å²) in [4.78, 5) is 22.4. The molecule has 1 rings (SSSR count). The molecule has 19 heavy (non-hydrogen) atoms. The SMILES string of the molecule is NC(=O)CCCCCCC1(C(N)=O)CCCCCC1. The second kappa shape index (κ2) is 8.18. The summed E-state index contributed by atoms with van der Waals surface area (Å²) in [7, 11) is 0. The summed E-state index contributed by atoms with van der Waals surface area (Å²) in [5, 5.41) is 0. The van der Waals surface area contributed by atoms with Gasteiger partial charge >= 0.3 is 0 Å². The van der Waals surface area contributed by atoms with Crippen LogP contribution >= 0.6 is 0 Å². The van der Waals surface area contributed by atoms with Gasteiger partial charge in [-0.25, -0.2) is 0 Å². The highest BCUT2D eigenvalue weighted by Gasteiger charge is 2.35. The van der Waals surface area contributed by atoms with Crippen molar-refractivity contribution < 1.29 is 9.59 Å². The van der Waals surface area contributed by atoms with Crippen LogP contribution in [0.5, 0.6) is 0 Å². The van der Waals surface area contributed by atoms with Gasteiger partial charge in [-0.2, -0.15) is 0 Å². The van der Waals surface area contributed by atoms with Gasteiger partial charge in [0.25, 0.3) is 0 Å². The van der Waals surface area contributed by atoms with Gasteiger partial charge in [0.2, 0.25) is 11.8 Å². The molecule has 1 aliphatic carbocycles. The standard InChI is InChI=1S/C15H28N2O2/c16-13(18)9-5-1-2-6-10-15(14(17)19)11-7-3-4-8-12-15/h1-12H2,(H2,16,18)(H2,17,19). The second-order valence-electron chi connectivity index (χ2n) is 5.94. The van der Waals surface area contributed by atoms with E-state index in [1.54, 1.807) is 0 Å². The molecule has 0 aromatic carbocycles. The van der Waals surface area contributed by atoms with Crippen molar-refractivity contribution in [2.75, 3.05) is 0 Å². The van der Waals surface area contributed by atoms with Gasteiger partial charge in [-0.3, -0.25) is 9.59 Å². The van der Waals surface area contributed by atoms with E-state index in [0.717, 1.165) is 57.8 Å². The molecule has 2 amide bonds. The fourth-order valence-corrected chi connectivity index (χ4v) is 3.14. The molecule has 0 aliphatic heterocycles. The Kier molecular flexibility index (Phi) is 6.89. The van der Waals surface area contributed by atoms with Crippen LogP contribution in [-0.4, -0.2) is 11.8 Å². The van der Waals surface area contributed by atoms with E-state index in [0.29, 0.717) is 6.42 Å². The minimum absolute atomic E-state index is 0.105. The topological polar surface area (TPSA) is 86.2 Å². The Bertz CT molecular complexity index is 295. The minimum Gasteiger partial charge on any atom is -0.370 e. The number of primary amides is 2. The van der Waals surface area contributed by atoms with Gasteiger partial charge in [0, 0.05) is 11.8 Å². The van der Waals surface area contributed by atoms with Crippen molar-refractivity contribution in [2.45, 2.75) is 77.0 Å². The minimum atomic E-state index is -0.250. The Hall–Kier alpha value is -1.06. The number of carbonyl (C=O) groups excluding carboxylic acids is 2. The molecule has 4 N–H and O–H groups in total. The summed E-state index contributed by atoms with van der Waals surface area (Å²) in [5.74, 6) is -0.330. The zero-order valence-electron chi connectivity index (χ0n) is 12.0. The molecule has 4 nitrogen and oxygen atoms in total. The molecule has 0 aromatic rings. The van der Waals surface area contributed by atoms with Crippen LogP contribution in [0.3, 0.4) is 0 Å². The van der Waals surface area contributed by atoms with E-state index in [9.17, 15) is 9.59 Å². The van der Waals surface area contributed by atoms with Crippen LogP contribution in [0.2, 0.25) is 0 Å². The van der Waals surface area contributed by atoms with Gasteiger partial charge in [0.1, 0.15) is 0 Å². The molecule has 0 saturated heterocycles. The maximum atomic E-state index is 11.8. The third-order valence-corrected chi connectivity index (χ3v) is 4.41. The Morgan fingerprint density at radius 3 is 1.95 bits per heavy atom. The molecule has 4 heteroatoms. The second-order valence-corrected chi connectivity index (χ2v) is 5.94. The summed E-state index contributed by atoms with van der Waals surface area (Å²) >= 11 is 0. The first-order chi connectivity index (χ1) is 9.07. The quantitative estimate of drug-likeness (QED) is 0.523. The average Bonchev–Trinajstić information content (AvgIpc) is 2.59. The number of unbranched alkanes of at least 4 members (excludes halogenated alkanes) is 3. The maximum absolute atomic E-state index is 11.8. The highest BCUT2D eigenvalue weighted by molar-refractivity contribution is 5.80. The van der Waals surface area contributed by atoms with Crippen molar-refractivity contribution in [3.8, 4) is 0 Å². The lowest BCUT2D eigenvalue weighted by atomic mass is 9.75. The van der Waals surface area contributed by atoms with Crippen LogP contribution in [0.4, 0.5) is 0 Å². The number of hydrogen-bond acceptors (Lipinski definition) is 2. The maximum Gasteiger partial charge on any atom is 0.223 e. The van der Waals surface area contributed by atoms with Crippen molar-refractivity contribution in [2.24, 2.45) is 16.9 Å². The zero-order chi connectivity index (χ0) is 14.1. The van der Waals surface area contributed by atoms with Gasteiger partial charge in [-0.15, -0.1) is 0 Å². The third kappa shape index (κ3) is 5.62. The van der Waals surface area contributed by atoms with E-state index in [2.05, 4.69) is 0 Å². The molecule has 1 saturated carbocycles. The normalized spacial score (nSPS) is 18.7. The lowest BCUT2D eigenvalue weighted by Gasteiger charge is -2.29. The lowest BCUT2D eigenvalue weighted by Crippen LogP contribution is -2.36. The average molecular weight is 268 g/mol. The molecular formula is C15H28N2O2. The number of hydrogen-bond donors (Lipinski definition) is 2. The highest BCUT2D eigenvalue weighted by Crippen LogP contribution is 2.39. The predicted molar refractivity (Wildman–Crippen MR) is 76.2 cm³/mol. The Labute approximate surface area is 116 Å². The van der Waals surface area contributed by atoms with Crippen molar-refractivity contribution in [3.63, 3.8) is 0 Å². The highest BCUT2D eigenvalue weighted by atomic mass is 16.1. The van der Waals surface area contributed by atoms with Crippen molar-refractivity contribution in [3.05, 3.63) is 0 Å². The predicted octanol–water partition coefficient (Wildman–Crippen LogP) is 2.64. The fourth-order valence-electron chi connectivity index (χ4n) is 3.14.